The number of anilines is 1. The summed E-state index contributed by atoms with van der Waals surface area (Å²) in [5.74, 6) is 0.627. The predicted octanol–water partition coefficient (Wildman–Crippen LogP) is 2.91. The van der Waals surface area contributed by atoms with Crippen LogP contribution in [-0.4, -0.2) is 55.8 Å². The molecule has 9 nitrogen and oxygen atoms in total. The molecule has 1 aliphatic heterocycles. The number of benzene rings is 2. The van der Waals surface area contributed by atoms with E-state index >= 15 is 0 Å². The molecule has 0 radical (unpaired) electrons. The third-order valence-electron chi connectivity index (χ3n) is 5.52. The van der Waals surface area contributed by atoms with E-state index in [0.29, 0.717) is 60.1 Å². The zero-order chi connectivity index (χ0) is 24.1. The first kappa shape index (κ1) is 23.4. The number of H-pyrrole nitrogens is 1. The van der Waals surface area contributed by atoms with Gasteiger partial charge >= 0.3 is 0 Å². The van der Waals surface area contributed by atoms with E-state index in [-0.39, 0.29) is 29.6 Å². The van der Waals surface area contributed by atoms with Gasteiger partial charge in [0.15, 0.2) is 6.61 Å². The number of methoxy groups -OCH3 is 1. The van der Waals surface area contributed by atoms with Crippen molar-refractivity contribution in [1.29, 1.82) is 5.26 Å². The highest BCUT2D eigenvalue weighted by atomic mass is 35.5. The van der Waals surface area contributed by atoms with Crippen molar-refractivity contribution in [3.63, 3.8) is 0 Å². The lowest BCUT2D eigenvalue weighted by molar-refractivity contribution is -0.137. The van der Waals surface area contributed by atoms with E-state index in [1.54, 1.807) is 41.3 Å². The van der Waals surface area contributed by atoms with Gasteiger partial charge in [0.25, 0.3) is 11.5 Å². The van der Waals surface area contributed by atoms with Crippen LogP contribution in [0.4, 0.5) is 5.69 Å². The number of hydrogen-bond donors (Lipinski definition) is 2. The standard InChI is InChI=1S/C24H23ClN4O5/c1-32-20-11-18(4-2-16(20)12-26)27-13-17-10-15-3-5-19(22(25)23(15)28-24(17)31)34-14-21(30)29-6-8-33-9-7-29/h2-5,10-11,27H,6-9,13-14H2,1H3,(H,28,31). The van der Waals surface area contributed by atoms with Crippen LogP contribution in [0, 0.1) is 11.3 Å². The molecule has 0 bridgehead atoms. The molecule has 1 saturated heterocycles. The number of nitrogens with zero attached hydrogens (tertiary/aromatic N) is 2. The zero-order valence-electron chi connectivity index (χ0n) is 18.5. The summed E-state index contributed by atoms with van der Waals surface area (Å²) in [5.41, 5.74) is 1.77. The van der Waals surface area contributed by atoms with Crippen molar-refractivity contribution in [2.45, 2.75) is 6.54 Å². The molecular weight excluding hydrogens is 460 g/mol. The third-order valence-corrected chi connectivity index (χ3v) is 5.89. The predicted molar refractivity (Wildman–Crippen MR) is 128 cm³/mol. The van der Waals surface area contributed by atoms with Crippen LogP contribution in [0.25, 0.3) is 10.9 Å². The van der Waals surface area contributed by atoms with Crippen LogP contribution in [0.15, 0.2) is 41.2 Å². The first-order valence-electron chi connectivity index (χ1n) is 10.6. The SMILES string of the molecule is COc1cc(NCc2cc3ccc(OCC(=O)N4CCOCC4)c(Cl)c3[nH]c2=O)ccc1C#N. The van der Waals surface area contributed by atoms with E-state index in [4.69, 9.17) is 31.1 Å². The van der Waals surface area contributed by atoms with Crippen LogP contribution in [-0.2, 0) is 16.1 Å². The number of ether oxygens (including phenoxy) is 3. The van der Waals surface area contributed by atoms with E-state index in [0.717, 1.165) is 5.39 Å². The quantitative estimate of drug-likeness (QED) is 0.531. The maximum absolute atomic E-state index is 12.7. The van der Waals surface area contributed by atoms with E-state index < -0.39 is 0 Å². The van der Waals surface area contributed by atoms with Gasteiger partial charge < -0.3 is 29.4 Å². The number of amides is 1. The average molecular weight is 483 g/mol. The fraction of sp³-hybridized carbons (Fsp3) is 0.292. The molecule has 2 heterocycles. The van der Waals surface area contributed by atoms with Crippen molar-refractivity contribution in [2.24, 2.45) is 0 Å². The van der Waals surface area contributed by atoms with Gasteiger partial charge in [-0.3, -0.25) is 9.59 Å². The van der Waals surface area contributed by atoms with Crippen molar-refractivity contribution in [2.75, 3.05) is 45.3 Å². The molecule has 34 heavy (non-hydrogen) atoms. The first-order chi connectivity index (χ1) is 16.5. The number of pyridine rings is 1. The molecule has 1 amide bonds. The number of morpholine rings is 1. The highest BCUT2D eigenvalue weighted by Crippen LogP contribution is 2.31. The van der Waals surface area contributed by atoms with Crippen LogP contribution >= 0.6 is 11.6 Å². The first-order valence-corrected chi connectivity index (χ1v) is 11.0. The van der Waals surface area contributed by atoms with E-state index in [1.807, 2.05) is 0 Å². The second kappa shape index (κ2) is 10.5. The fourth-order valence-corrected chi connectivity index (χ4v) is 3.92. The van der Waals surface area contributed by atoms with Gasteiger partial charge in [-0.05, 0) is 30.3 Å². The minimum atomic E-state index is -0.302. The molecule has 4 rings (SSSR count). The minimum Gasteiger partial charge on any atom is -0.495 e. The van der Waals surface area contributed by atoms with E-state index in [2.05, 4.69) is 16.4 Å². The molecule has 2 N–H and O–H groups in total. The number of nitrogens with one attached hydrogen (secondary N) is 2. The summed E-state index contributed by atoms with van der Waals surface area (Å²) in [7, 11) is 1.49. The lowest BCUT2D eigenvalue weighted by Gasteiger charge is -2.26. The lowest BCUT2D eigenvalue weighted by Crippen LogP contribution is -2.43. The van der Waals surface area contributed by atoms with Crippen LogP contribution in [0.1, 0.15) is 11.1 Å². The Labute approximate surface area is 200 Å². The van der Waals surface area contributed by atoms with Crippen LogP contribution in [0.5, 0.6) is 11.5 Å². The summed E-state index contributed by atoms with van der Waals surface area (Å²) in [6.45, 7) is 2.20. The average Bonchev–Trinajstić information content (AvgIpc) is 2.87. The summed E-state index contributed by atoms with van der Waals surface area (Å²) in [6, 6.07) is 12.4. The second-order valence-electron chi connectivity index (χ2n) is 7.63. The topological polar surface area (TPSA) is 117 Å². The molecule has 2 aromatic carbocycles. The summed E-state index contributed by atoms with van der Waals surface area (Å²) >= 11 is 6.47. The van der Waals surface area contributed by atoms with E-state index in [9.17, 15) is 9.59 Å². The number of aromatic nitrogens is 1. The van der Waals surface area contributed by atoms with Crippen LogP contribution in [0.2, 0.25) is 5.02 Å². The Balaban J connectivity index is 1.47. The Kier molecular flexibility index (Phi) is 7.21. The van der Waals surface area contributed by atoms with Crippen molar-refractivity contribution in [3.8, 4) is 17.6 Å². The Bertz CT molecular complexity index is 1310. The molecule has 0 aliphatic carbocycles. The number of rotatable bonds is 7. The monoisotopic (exact) mass is 482 g/mol. The third kappa shape index (κ3) is 5.09. The van der Waals surface area contributed by atoms with Gasteiger partial charge in [-0.25, -0.2) is 0 Å². The number of fused-ring (bicyclic) bond motifs is 1. The molecule has 0 atom stereocenters. The summed E-state index contributed by atoms with van der Waals surface area (Å²) in [6.07, 6.45) is 0. The minimum absolute atomic E-state index is 0.145. The van der Waals surface area contributed by atoms with E-state index in [1.165, 1.54) is 7.11 Å². The Morgan fingerprint density at radius 3 is 2.76 bits per heavy atom. The second-order valence-corrected chi connectivity index (χ2v) is 8.01. The molecule has 0 unspecified atom stereocenters. The maximum Gasteiger partial charge on any atom is 0.260 e. The Hall–Kier alpha value is -3.74. The Morgan fingerprint density at radius 1 is 1.24 bits per heavy atom. The van der Waals surface area contributed by atoms with Gasteiger partial charge in [-0.15, -0.1) is 0 Å². The van der Waals surface area contributed by atoms with Gasteiger partial charge in [-0.2, -0.15) is 5.26 Å². The van der Waals surface area contributed by atoms with Crippen molar-refractivity contribution in [3.05, 3.63) is 62.9 Å². The maximum atomic E-state index is 12.7. The summed E-state index contributed by atoms with van der Waals surface area (Å²) < 4.78 is 16.1. The molecular formula is C24H23ClN4O5. The van der Waals surface area contributed by atoms with Gasteiger partial charge in [0.2, 0.25) is 0 Å². The lowest BCUT2D eigenvalue weighted by atomic mass is 10.1. The van der Waals surface area contributed by atoms with Gasteiger partial charge in [0.1, 0.15) is 22.6 Å². The summed E-state index contributed by atoms with van der Waals surface area (Å²) in [4.78, 5) is 29.5. The number of nitriles is 1. The molecule has 0 spiro atoms. The number of carbonyl (C=O) groups is 1. The van der Waals surface area contributed by atoms with Gasteiger partial charge in [0, 0.05) is 42.3 Å². The van der Waals surface area contributed by atoms with Crippen molar-refractivity contribution >= 4 is 34.1 Å². The Morgan fingerprint density at radius 2 is 2.03 bits per heavy atom. The van der Waals surface area contributed by atoms with Crippen molar-refractivity contribution < 1.29 is 19.0 Å². The molecule has 3 aromatic rings. The normalized spacial score (nSPS) is 13.4. The van der Waals surface area contributed by atoms with Gasteiger partial charge in [-0.1, -0.05) is 11.6 Å². The number of aromatic amines is 1. The number of hydrogen-bond acceptors (Lipinski definition) is 7. The van der Waals surface area contributed by atoms with Gasteiger partial charge in [0.05, 0.1) is 31.4 Å². The molecule has 176 valence electrons. The molecule has 1 aliphatic rings. The number of carbonyl (C=O) groups excluding carboxylic acids is 1. The van der Waals surface area contributed by atoms with Crippen LogP contribution in [0.3, 0.4) is 0 Å². The molecule has 1 fully saturated rings. The summed E-state index contributed by atoms with van der Waals surface area (Å²) in [5, 5.41) is 13.2. The van der Waals surface area contributed by atoms with Crippen LogP contribution < -0.4 is 20.3 Å². The fourth-order valence-electron chi connectivity index (χ4n) is 3.64. The largest absolute Gasteiger partial charge is 0.495 e. The van der Waals surface area contributed by atoms with Crippen molar-refractivity contribution in [1.82, 2.24) is 9.88 Å². The molecule has 0 saturated carbocycles. The highest BCUT2D eigenvalue weighted by Gasteiger charge is 2.18. The molecule has 1 aromatic heterocycles. The molecule has 10 heteroatoms. The highest BCUT2D eigenvalue weighted by molar-refractivity contribution is 6.36. The number of halogens is 1. The zero-order valence-corrected chi connectivity index (χ0v) is 19.3. The smallest absolute Gasteiger partial charge is 0.260 e.